The Balaban J connectivity index is 1.77. The number of hydrogen-bond donors (Lipinski definition) is 0. The van der Waals surface area contributed by atoms with Gasteiger partial charge in [-0.3, -0.25) is 0 Å². The van der Waals surface area contributed by atoms with Gasteiger partial charge in [0, 0.05) is 30.5 Å². The van der Waals surface area contributed by atoms with Crippen LogP contribution < -0.4 is 4.90 Å². The molecule has 0 aliphatic carbocycles. The number of para-hydroxylation sites is 1. The highest BCUT2D eigenvalue weighted by atomic mass is 15.2. The molecule has 0 radical (unpaired) electrons. The van der Waals surface area contributed by atoms with Crippen molar-refractivity contribution in [3.8, 4) is 16.8 Å². The molecule has 1 aliphatic rings. The van der Waals surface area contributed by atoms with Crippen LogP contribution in [-0.4, -0.2) is 27.6 Å². The minimum atomic E-state index is 0.690. The number of nitrogens with zero attached hydrogens (tertiary/aromatic N) is 4. The van der Waals surface area contributed by atoms with Crippen LogP contribution in [0, 0.1) is 5.92 Å². The molecule has 0 unspecified atom stereocenters. The lowest BCUT2D eigenvalue weighted by molar-refractivity contribution is 0.445. The van der Waals surface area contributed by atoms with E-state index in [-0.39, 0.29) is 0 Å². The summed E-state index contributed by atoms with van der Waals surface area (Å²) in [5, 5.41) is 1.15. The van der Waals surface area contributed by atoms with Crippen LogP contribution >= 0.6 is 0 Å². The zero-order valence-electron chi connectivity index (χ0n) is 16.1. The normalized spacial score (nSPS) is 17.2. The molecule has 2 aromatic heterocycles. The molecule has 5 rings (SSSR count). The molecule has 0 spiro atoms. The van der Waals surface area contributed by atoms with E-state index in [1.54, 1.807) is 6.33 Å². The standard InChI is InChI=1S/C24H24N4/c1-18-9-8-14-27(15-18)23-22-21(19-10-4-2-5-11-19)16-28(24(22)26-17-25-23)20-12-6-3-7-13-20/h2-7,10-13,16-18H,8-9,14-15H2,1H3/t18-/m1/s1. The second kappa shape index (κ2) is 7.12. The van der Waals surface area contributed by atoms with Crippen molar-refractivity contribution in [2.45, 2.75) is 19.8 Å². The quantitative estimate of drug-likeness (QED) is 0.490. The zero-order valence-corrected chi connectivity index (χ0v) is 16.1. The maximum absolute atomic E-state index is 4.76. The van der Waals surface area contributed by atoms with Gasteiger partial charge in [-0.25, -0.2) is 9.97 Å². The number of aromatic nitrogens is 3. The summed E-state index contributed by atoms with van der Waals surface area (Å²) in [6.45, 7) is 4.44. The first-order chi connectivity index (χ1) is 13.8. The first-order valence-electron chi connectivity index (χ1n) is 10.0. The minimum Gasteiger partial charge on any atom is -0.356 e. The summed E-state index contributed by atoms with van der Waals surface area (Å²) in [4.78, 5) is 11.9. The van der Waals surface area contributed by atoms with E-state index in [4.69, 9.17) is 9.97 Å². The van der Waals surface area contributed by atoms with Crippen LogP contribution in [0.1, 0.15) is 19.8 Å². The van der Waals surface area contributed by atoms with Crippen LogP contribution in [0.4, 0.5) is 5.82 Å². The zero-order chi connectivity index (χ0) is 18.9. The summed E-state index contributed by atoms with van der Waals surface area (Å²) in [6, 6.07) is 21.0. The molecule has 4 nitrogen and oxygen atoms in total. The molecule has 2 aromatic carbocycles. The maximum Gasteiger partial charge on any atom is 0.150 e. The van der Waals surface area contributed by atoms with E-state index in [0.717, 1.165) is 35.6 Å². The number of piperidine rings is 1. The second-order valence-electron chi connectivity index (χ2n) is 7.70. The Morgan fingerprint density at radius 1 is 0.929 bits per heavy atom. The van der Waals surface area contributed by atoms with Crippen molar-refractivity contribution < 1.29 is 0 Å². The van der Waals surface area contributed by atoms with Crippen LogP contribution in [-0.2, 0) is 0 Å². The van der Waals surface area contributed by atoms with Gasteiger partial charge in [-0.05, 0) is 36.5 Å². The van der Waals surface area contributed by atoms with Crippen molar-refractivity contribution in [3.63, 3.8) is 0 Å². The van der Waals surface area contributed by atoms with Crippen molar-refractivity contribution in [2.75, 3.05) is 18.0 Å². The molecule has 0 amide bonds. The van der Waals surface area contributed by atoms with Crippen LogP contribution in [0.25, 0.3) is 27.8 Å². The van der Waals surface area contributed by atoms with Crippen LogP contribution in [0.15, 0.2) is 73.2 Å². The fraction of sp³-hybridized carbons (Fsp3) is 0.250. The van der Waals surface area contributed by atoms with Crippen molar-refractivity contribution in [1.29, 1.82) is 0 Å². The minimum absolute atomic E-state index is 0.690. The highest BCUT2D eigenvalue weighted by Crippen LogP contribution is 2.37. The number of rotatable bonds is 3. The largest absolute Gasteiger partial charge is 0.356 e. The lowest BCUT2D eigenvalue weighted by atomic mass is 9.99. The van der Waals surface area contributed by atoms with E-state index in [1.807, 2.05) is 6.07 Å². The molecular weight excluding hydrogens is 344 g/mol. The molecule has 4 heteroatoms. The third-order valence-corrected chi connectivity index (χ3v) is 5.64. The average Bonchev–Trinajstić information content (AvgIpc) is 3.15. The van der Waals surface area contributed by atoms with Gasteiger partial charge in [0.15, 0.2) is 5.65 Å². The fourth-order valence-corrected chi connectivity index (χ4v) is 4.29. The van der Waals surface area contributed by atoms with E-state index in [1.165, 1.54) is 24.0 Å². The number of hydrogen-bond acceptors (Lipinski definition) is 3. The molecule has 0 saturated carbocycles. The maximum atomic E-state index is 4.76. The van der Waals surface area contributed by atoms with Crippen LogP contribution in [0.5, 0.6) is 0 Å². The van der Waals surface area contributed by atoms with Crippen molar-refractivity contribution in [3.05, 3.63) is 73.2 Å². The third-order valence-electron chi connectivity index (χ3n) is 5.64. The molecule has 0 N–H and O–H groups in total. The Hall–Kier alpha value is -3.14. The highest BCUT2D eigenvalue weighted by Gasteiger charge is 2.23. The molecule has 1 atom stereocenters. The average molecular weight is 368 g/mol. The molecule has 4 aromatic rings. The van der Waals surface area contributed by atoms with E-state index >= 15 is 0 Å². The van der Waals surface area contributed by atoms with E-state index in [2.05, 4.69) is 77.2 Å². The summed E-state index contributed by atoms with van der Waals surface area (Å²) >= 11 is 0. The fourth-order valence-electron chi connectivity index (χ4n) is 4.29. The Bertz CT molecular complexity index is 1090. The van der Waals surface area contributed by atoms with Gasteiger partial charge in [0.25, 0.3) is 0 Å². The topological polar surface area (TPSA) is 34.0 Å². The van der Waals surface area contributed by atoms with Crippen molar-refractivity contribution in [1.82, 2.24) is 14.5 Å². The third kappa shape index (κ3) is 2.95. The van der Waals surface area contributed by atoms with Crippen LogP contribution in [0.2, 0.25) is 0 Å². The van der Waals surface area contributed by atoms with Gasteiger partial charge in [0.05, 0.1) is 5.39 Å². The molecule has 28 heavy (non-hydrogen) atoms. The first kappa shape index (κ1) is 17.0. The lowest BCUT2D eigenvalue weighted by Gasteiger charge is -2.32. The Morgan fingerprint density at radius 2 is 1.68 bits per heavy atom. The summed E-state index contributed by atoms with van der Waals surface area (Å²) in [7, 11) is 0. The predicted octanol–water partition coefficient (Wildman–Crippen LogP) is 5.32. The smallest absolute Gasteiger partial charge is 0.150 e. The second-order valence-corrected chi connectivity index (χ2v) is 7.70. The van der Waals surface area contributed by atoms with E-state index < -0.39 is 0 Å². The number of anilines is 1. The molecular formula is C24H24N4. The van der Waals surface area contributed by atoms with Gasteiger partial charge in [-0.1, -0.05) is 55.5 Å². The van der Waals surface area contributed by atoms with Gasteiger partial charge in [0.2, 0.25) is 0 Å². The van der Waals surface area contributed by atoms with Gasteiger partial charge >= 0.3 is 0 Å². The number of fused-ring (bicyclic) bond motifs is 1. The monoisotopic (exact) mass is 368 g/mol. The predicted molar refractivity (Wildman–Crippen MR) is 115 cm³/mol. The summed E-state index contributed by atoms with van der Waals surface area (Å²) in [5.74, 6) is 1.75. The van der Waals surface area contributed by atoms with E-state index in [9.17, 15) is 0 Å². The Kier molecular flexibility index (Phi) is 4.32. The van der Waals surface area contributed by atoms with E-state index in [0.29, 0.717) is 5.92 Å². The molecule has 1 fully saturated rings. The molecule has 0 bridgehead atoms. The summed E-state index contributed by atoms with van der Waals surface area (Å²) in [5.41, 5.74) is 4.47. The van der Waals surface area contributed by atoms with Crippen LogP contribution in [0.3, 0.4) is 0 Å². The van der Waals surface area contributed by atoms with Crippen molar-refractivity contribution >= 4 is 16.9 Å². The Morgan fingerprint density at radius 3 is 2.43 bits per heavy atom. The lowest BCUT2D eigenvalue weighted by Crippen LogP contribution is -2.35. The molecule has 3 heterocycles. The first-order valence-corrected chi connectivity index (χ1v) is 10.0. The summed E-state index contributed by atoms with van der Waals surface area (Å²) < 4.78 is 2.19. The van der Waals surface area contributed by atoms with Crippen molar-refractivity contribution in [2.24, 2.45) is 5.92 Å². The van der Waals surface area contributed by atoms with Gasteiger partial charge in [-0.15, -0.1) is 0 Å². The molecule has 1 aliphatic heterocycles. The van der Waals surface area contributed by atoms with Gasteiger partial charge < -0.3 is 9.47 Å². The SMILES string of the molecule is C[C@@H]1CCCN(c2ncnc3c2c(-c2ccccc2)cn3-c2ccccc2)C1. The Labute approximate surface area is 165 Å². The van der Waals surface area contributed by atoms with Gasteiger partial charge in [0.1, 0.15) is 12.1 Å². The van der Waals surface area contributed by atoms with Gasteiger partial charge in [-0.2, -0.15) is 0 Å². The number of benzene rings is 2. The molecule has 140 valence electrons. The summed E-state index contributed by atoms with van der Waals surface area (Å²) in [6.07, 6.45) is 6.43. The molecule has 1 saturated heterocycles. The highest BCUT2D eigenvalue weighted by molar-refractivity contribution is 6.02.